The SMILES string of the molecule is Cc1ccc2c(N=C3N=C(Nc4c(NCCCN)nn5c(C)c(C)ccc45)C(=N)C=C3N)c(NCCCN)nn2c1C. The minimum absolute atomic E-state index is 0.134. The maximum atomic E-state index is 8.67. The number of pyridine rings is 2. The van der Waals surface area contributed by atoms with Gasteiger partial charge in [0.05, 0.1) is 22.4 Å². The highest BCUT2D eigenvalue weighted by Gasteiger charge is 2.23. The summed E-state index contributed by atoms with van der Waals surface area (Å²) in [4.78, 5) is 9.62. The third kappa shape index (κ3) is 5.43. The van der Waals surface area contributed by atoms with Gasteiger partial charge in [0.2, 0.25) is 0 Å². The molecule has 13 nitrogen and oxygen atoms in total. The molecule has 5 heterocycles. The van der Waals surface area contributed by atoms with Crippen LogP contribution >= 0.6 is 0 Å². The van der Waals surface area contributed by atoms with Crippen LogP contribution in [0.3, 0.4) is 0 Å². The van der Waals surface area contributed by atoms with E-state index in [1.54, 1.807) is 6.08 Å². The summed E-state index contributed by atoms with van der Waals surface area (Å²) in [5, 5.41) is 28.4. The molecular formula is C29H39N13. The van der Waals surface area contributed by atoms with Gasteiger partial charge in [0.1, 0.15) is 11.4 Å². The van der Waals surface area contributed by atoms with Crippen LogP contribution in [0.5, 0.6) is 0 Å². The predicted octanol–water partition coefficient (Wildman–Crippen LogP) is 3.15. The van der Waals surface area contributed by atoms with Gasteiger partial charge in [0.25, 0.3) is 0 Å². The lowest BCUT2D eigenvalue weighted by atomic mass is 10.2. The van der Waals surface area contributed by atoms with Crippen LogP contribution in [0.1, 0.15) is 35.4 Å². The van der Waals surface area contributed by atoms with E-state index in [9.17, 15) is 0 Å². The van der Waals surface area contributed by atoms with Crippen LogP contribution in [0.2, 0.25) is 0 Å². The number of fused-ring (bicyclic) bond motifs is 2. The molecule has 0 bridgehead atoms. The van der Waals surface area contributed by atoms with Crippen molar-refractivity contribution in [2.24, 2.45) is 27.2 Å². The molecule has 4 aromatic heterocycles. The molecule has 0 aromatic carbocycles. The molecule has 5 rings (SSSR count). The second-order valence-corrected chi connectivity index (χ2v) is 10.4. The number of aromatic nitrogens is 4. The zero-order chi connectivity index (χ0) is 30.0. The van der Waals surface area contributed by atoms with Gasteiger partial charge in [-0.2, -0.15) is 0 Å². The highest BCUT2D eigenvalue weighted by atomic mass is 15.3. The quantitative estimate of drug-likeness (QED) is 0.141. The van der Waals surface area contributed by atoms with E-state index >= 15 is 0 Å². The van der Waals surface area contributed by atoms with Crippen molar-refractivity contribution < 1.29 is 0 Å². The lowest BCUT2D eigenvalue weighted by Gasteiger charge is -2.16. The summed E-state index contributed by atoms with van der Waals surface area (Å²) >= 11 is 0. The van der Waals surface area contributed by atoms with Crippen LogP contribution in [0.15, 0.2) is 46.0 Å². The second kappa shape index (κ2) is 12.0. The van der Waals surface area contributed by atoms with Crippen LogP contribution < -0.4 is 33.2 Å². The Kier molecular flexibility index (Phi) is 8.22. The topological polar surface area (TPSA) is 197 Å². The van der Waals surface area contributed by atoms with Crippen LogP contribution in [-0.4, -0.2) is 62.8 Å². The molecule has 0 spiro atoms. The first-order chi connectivity index (χ1) is 20.2. The van der Waals surface area contributed by atoms with Gasteiger partial charge in [-0.15, -0.1) is 10.2 Å². The number of anilines is 3. The van der Waals surface area contributed by atoms with Crippen LogP contribution in [0.4, 0.5) is 23.0 Å². The van der Waals surface area contributed by atoms with Crippen LogP contribution in [0, 0.1) is 33.1 Å². The van der Waals surface area contributed by atoms with Crippen molar-refractivity contribution in [3.63, 3.8) is 0 Å². The first kappa shape index (κ1) is 28.8. The molecule has 10 N–H and O–H groups in total. The van der Waals surface area contributed by atoms with E-state index < -0.39 is 0 Å². The summed E-state index contributed by atoms with van der Waals surface area (Å²) in [7, 11) is 0. The van der Waals surface area contributed by atoms with Gasteiger partial charge in [-0.05, 0) is 83.0 Å². The van der Waals surface area contributed by atoms with Gasteiger partial charge in [-0.1, -0.05) is 12.1 Å². The van der Waals surface area contributed by atoms with Gasteiger partial charge in [-0.25, -0.2) is 19.0 Å². The average Bonchev–Trinajstić information content (AvgIpc) is 3.49. The molecule has 0 aliphatic carbocycles. The Morgan fingerprint density at radius 3 is 2.05 bits per heavy atom. The Bertz CT molecular complexity index is 1750. The first-order valence-electron chi connectivity index (χ1n) is 14.1. The molecule has 1 aliphatic rings. The van der Waals surface area contributed by atoms with Crippen LogP contribution in [0.25, 0.3) is 11.0 Å². The summed E-state index contributed by atoms with van der Waals surface area (Å²) < 4.78 is 3.76. The molecule has 0 unspecified atom stereocenters. The fraction of sp³-hybridized carbons (Fsp3) is 0.345. The number of nitrogens with zero attached hydrogens (tertiary/aromatic N) is 6. The Labute approximate surface area is 244 Å². The molecule has 0 saturated carbocycles. The third-order valence-corrected chi connectivity index (χ3v) is 7.41. The average molecular weight is 570 g/mol. The molecule has 0 saturated heterocycles. The first-order valence-corrected chi connectivity index (χ1v) is 14.1. The Morgan fingerprint density at radius 2 is 1.40 bits per heavy atom. The van der Waals surface area contributed by atoms with E-state index in [0.717, 1.165) is 46.4 Å². The third-order valence-electron chi connectivity index (χ3n) is 7.41. The normalized spacial score (nSPS) is 14.5. The molecular weight excluding hydrogens is 530 g/mol. The molecule has 13 heteroatoms. The van der Waals surface area contributed by atoms with Gasteiger partial charge in [-0.3, -0.25) is 5.41 Å². The second-order valence-electron chi connectivity index (χ2n) is 10.4. The van der Waals surface area contributed by atoms with E-state index in [2.05, 4.69) is 16.0 Å². The highest BCUT2D eigenvalue weighted by Crippen LogP contribution is 2.33. The minimum atomic E-state index is 0.134. The maximum absolute atomic E-state index is 8.67. The fourth-order valence-electron chi connectivity index (χ4n) is 4.67. The van der Waals surface area contributed by atoms with Crippen LogP contribution in [-0.2, 0) is 0 Å². The number of nitrogens with one attached hydrogen (secondary N) is 4. The number of aliphatic imine (C=N–C) groups is 2. The summed E-state index contributed by atoms with van der Waals surface area (Å²) in [5.41, 5.74) is 25.5. The largest absolute Gasteiger partial charge is 0.396 e. The lowest BCUT2D eigenvalue weighted by molar-refractivity contribution is 0.855. The number of dihydropyridines is 1. The molecule has 220 valence electrons. The minimum Gasteiger partial charge on any atom is -0.396 e. The fourth-order valence-corrected chi connectivity index (χ4v) is 4.67. The molecule has 0 atom stereocenters. The summed E-state index contributed by atoms with van der Waals surface area (Å²) in [6.45, 7) is 10.6. The van der Waals surface area contributed by atoms with Crippen molar-refractivity contribution in [1.82, 2.24) is 19.2 Å². The number of aryl methyl sites for hydroxylation is 4. The lowest BCUT2D eigenvalue weighted by Crippen LogP contribution is -2.29. The van der Waals surface area contributed by atoms with Gasteiger partial charge >= 0.3 is 0 Å². The molecule has 0 amide bonds. The Hall–Kier alpha value is -4.75. The zero-order valence-electron chi connectivity index (χ0n) is 24.5. The van der Waals surface area contributed by atoms with E-state index in [-0.39, 0.29) is 17.2 Å². The maximum Gasteiger partial charge on any atom is 0.178 e. The van der Waals surface area contributed by atoms with E-state index in [4.69, 9.17) is 42.8 Å². The Morgan fingerprint density at radius 1 is 0.833 bits per heavy atom. The van der Waals surface area contributed by atoms with Crippen molar-refractivity contribution in [3.05, 3.63) is 58.6 Å². The van der Waals surface area contributed by atoms with Gasteiger partial charge in [0, 0.05) is 24.5 Å². The standard InChI is InChI=1S/C29H39N13/c1-16-7-9-22-24(28(34-13-5-11-30)39-41(22)18(16)3)36-26-20(32)15-21(33)27(38-26)37-25-23-10-8-17(2)19(4)42(23)40-29(25)35-14-6-12-31/h7-10,15,32H,5-6,11-14,30-31,33H2,1-4H3,(H,34,39)(H,35,40)(H,36,37,38). The van der Waals surface area contributed by atoms with Gasteiger partial charge in [0.15, 0.2) is 23.3 Å². The summed E-state index contributed by atoms with van der Waals surface area (Å²) in [6.07, 6.45) is 3.13. The van der Waals surface area contributed by atoms with Crippen molar-refractivity contribution in [1.29, 1.82) is 5.41 Å². The number of nitrogens with two attached hydrogens (primary N) is 3. The summed E-state index contributed by atoms with van der Waals surface area (Å²) in [6, 6.07) is 8.08. The number of hydrogen-bond acceptors (Lipinski definition) is 10. The molecule has 0 radical (unpaired) electrons. The molecule has 1 aliphatic heterocycles. The molecule has 42 heavy (non-hydrogen) atoms. The number of rotatable bonds is 10. The Balaban J connectivity index is 1.59. The van der Waals surface area contributed by atoms with Gasteiger partial charge < -0.3 is 33.2 Å². The van der Waals surface area contributed by atoms with Crippen molar-refractivity contribution in [2.45, 2.75) is 40.5 Å². The summed E-state index contributed by atoms with van der Waals surface area (Å²) in [5.74, 6) is 1.85. The van der Waals surface area contributed by atoms with Crippen molar-refractivity contribution in [2.75, 3.05) is 42.1 Å². The van der Waals surface area contributed by atoms with E-state index in [0.29, 0.717) is 55.0 Å². The number of hydrogen-bond donors (Lipinski definition) is 7. The highest BCUT2D eigenvalue weighted by molar-refractivity contribution is 6.52. The monoisotopic (exact) mass is 569 g/mol. The smallest absolute Gasteiger partial charge is 0.178 e. The molecule has 4 aromatic rings. The predicted molar refractivity (Wildman–Crippen MR) is 172 cm³/mol. The number of amidine groups is 2. The van der Waals surface area contributed by atoms with E-state index in [1.807, 2.05) is 61.0 Å². The van der Waals surface area contributed by atoms with E-state index in [1.165, 1.54) is 0 Å². The zero-order valence-corrected chi connectivity index (χ0v) is 24.5. The van der Waals surface area contributed by atoms with Crippen molar-refractivity contribution >= 4 is 51.4 Å². The van der Waals surface area contributed by atoms with Crippen molar-refractivity contribution in [3.8, 4) is 0 Å². The molecule has 0 fully saturated rings.